The predicted octanol–water partition coefficient (Wildman–Crippen LogP) is 2.90. The number of ether oxygens (including phenoxy) is 1. The molecule has 5 nitrogen and oxygen atoms in total. The Kier molecular flexibility index (Phi) is 5.05. The molecule has 0 aliphatic carbocycles. The minimum atomic E-state index is -0.565. The van der Waals surface area contributed by atoms with E-state index in [1.54, 1.807) is 6.07 Å². The first-order valence-electron chi connectivity index (χ1n) is 7.27. The minimum absolute atomic E-state index is 0.0125. The largest absolute Gasteiger partial charge is 0.481 e. The zero-order valence-corrected chi connectivity index (χ0v) is 13.1. The van der Waals surface area contributed by atoms with Crippen LogP contribution in [0, 0.1) is 11.8 Å². The Bertz CT molecular complexity index is 707. The first kappa shape index (κ1) is 15.9. The van der Waals surface area contributed by atoms with Gasteiger partial charge in [0.25, 0.3) is 0 Å². The van der Waals surface area contributed by atoms with Crippen LogP contribution in [0.3, 0.4) is 0 Å². The number of fused-ring (bicyclic) bond motifs is 1. The highest BCUT2D eigenvalue weighted by Crippen LogP contribution is 2.19. The summed E-state index contributed by atoms with van der Waals surface area (Å²) in [5, 5.41) is 2.89. The van der Waals surface area contributed by atoms with Gasteiger partial charge in [-0.25, -0.2) is 4.98 Å². The summed E-state index contributed by atoms with van der Waals surface area (Å²) >= 11 is 0. The molecule has 1 N–H and O–H groups in total. The second kappa shape index (κ2) is 6.99. The molecule has 0 saturated carbocycles. The molecule has 0 aliphatic heterocycles. The highest BCUT2D eigenvalue weighted by atomic mass is 16.5. The molecule has 22 heavy (non-hydrogen) atoms. The predicted molar refractivity (Wildman–Crippen MR) is 84.4 cm³/mol. The highest BCUT2D eigenvalue weighted by Gasteiger charge is 2.16. The number of hydrogen-bond donors (Lipinski definition) is 1. The van der Waals surface area contributed by atoms with Crippen molar-refractivity contribution in [2.45, 2.75) is 39.2 Å². The van der Waals surface area contributed by atoms with Crippen LogP contribution in [-0.4, -0.2) is 23.0 Å². The Balaban J connectivity index is 1.88. The van der Waals surface area contributed by atoms with Gasteiger partial charge in [-0.15, -0.1) is 0 Å². The molecule has 1 aromatic heterocycles. The van der Waals surface area contributed by atoms with Crippen molar-refractivity contribution >= 4 is 17.0 Å². The fourth-order valence-electron chi connectivity index (χ4n) is 1.97. The minimum Gasteiger partial charge on any atom is -0.481 e. The van der Waals surface area contributed by atoms with Gasteiger partial charge in [0.05, 0.1) is 5.54 Å². The van der Waals surface area contributed by atoms with Gasteiger partial charge < -0.3 is 14.5 Å². The molecule has 0 fully saturated rings. The fourth-order valence-corrected chi connectivity index (χ4v) is 1.97. The second-order valence-electron chi connectivity index (χ2n) is 5.50. The zero-order valence-electron chi connectivity index (χ0n) is 13.1. The maximum atomic E-state index is 11.6. The van der Waals surface area contributed by atoms with E-state index in [4.69, 9.17) is 9.15 Å². The van der Waals surface area contributed by atoms with E-state index in [-0.39, 0.29) is 12.5 Å². The lowest BCUT2D eigenvalue weighted by atomic mass is 10.1. The third-order valence-electron chi connectivity index (χ3n) is 2.94. The Morgan fingerprint density at radius 3 is 3.05 bits per heavy atom. The normalized spacial score (nSPS) is 10.9. The molecule has 0 spiro atoms. The molecule has 5 heteroatoms. The van der Waals surface area contributed by atoms with Crippen LogP contribution in [0.1, 0.15) is 33.6 Å². The van der Waals surface area contributed by atoms with Gasteiger partial charge in [0, 0.05) is 12.5 Å². The molecule has 2 aromatic rings. The van der Waals surface area contributed by atoms with Crippen molar-refractivity contribution in [2.24, 2.45) is 0 Å². The highest BCUT2D eigenvalue weighted by molar-refractivity contribution is 5.77. The molecule has 0 unspecified atom stereocenters. The quantitative estimate of drug-likeness (QED) is 0.862. The van der Waals surface area contributed by atoms with E-state index >= 15 is 0 Å². The van der Waals surface area contributed by atoms with E-state index in [9.17, 15) is 4.79 Å². The molecule has 0 bridgehead atoms. The summed E-state index contributed by atoms with van der Waals surface area (Å²) in [5.74, 6) is 6.62. The van der Waals surface area contributed by atoms with E-state index in [2.05, 4.69) is 22.1 Å². The topological polar surface area (TPSA) is 64.4 Å². The Morgan fingerprint density at radius 2 is 2.27 bits per heavy atom. The number of aromatic nitrogens is 1. The van der Waals surface area contributed by atoms with Gasteiger partial charge in [0.15, 0.2) is 12.0 Å². The SMILES string of the molecule is CCCC(=O)NC(C)(C)C#CCOc1ccc2ncoc2c1. The molecule has 0 radical (unpaired) electrons. The molecule has 0 saturated heterocycles. The van der Waals surface area contributed by atoms with E-state index in [1.165, 1.54) is 6.39 Å². The number of oxazole rings is 1. The Hall–Kier alpha value is -2.48. The van der Waals surface area contributed by atoms with Gasteiger partial charge in [-0.05, 0) is 32.4 Å². The van der Waals surface area contributed by atoms with Gasteiger partial charge in [0.1, 0.15) is 17.9 Å². The smallest absolute Gasteiger partial charge is 0.221 e. The number of amides is 1. The zero-order chi connectivity index (χ0) is 16.0. The summed E-state index contributed by atoms with van der Waals surface area (Å²) < 4.78 is 10.8. The fraction of sp³-hybridized carbons (Fsp3) is 0.412. The summed E-state index contributed by atoms with van der Waals surface area (Å²) in [7, 11) is 0. The van der Waals surface area contributed by atoms with Crippen molar-refractivity contribution in [3.8, 4) is 17.6 Å². The van der Waals surface area contributed by atoms with E-state index in [0.717, 1.165) is 11.9 Å². The van der Waals surface area contributed by atoms with Crippen LogP contribution < -0.4 is 10.1 Å². The van der Waals surface area contributed by atoms with E-state index < -0.39 is 5.54 Å². The standard InChI is InChI=1S/C17H20N2O3/c1-4-6-16(20)19-17(2,3)9-5-10-21-13-7-8-14-15(11-13)22-12-18-14/h7-8,11-12H,4,6,10H2,1-3H3,(H,19,20). The van der Waals surface area contributed by atoms with Crippen LogP contribution >= 0.6 is 0 Å². The van der Waals surface area contributed by atoms with Crippen molar-refractivity contribution in [2.75, 3.05) is 6.61 Å². The van der Waals surface area contributed by atoms with Crippen molar-refractivity contribution < 1.29 is 13.9 Å². The summed E-state index contributed by atoms with van der Waals surface area (Å²) in [5.41, 5.74) is 0.903. The van der Waals surface area contributed by atoms with Gasteiger partial charge in [0.2, 0.25) is 5.91 Å². The average Bonchev–Trinajstić information content (AvgIpc) is 2.90. The van der Waals surface area contributed by atoms with Gasteiger partial charge in [-0.3, -0.25) is 4.79 Å². The first-order valence-corrected chi connectivity index (χ1v) is 7.27. The van der Waals surface area contributed by atoms with Crippen LogP contribution in [0.15, 0.2) is 29.0 Å². The van der Waals surface area contributed by atoms with Crippen molar-refractivity contribution in [3.05, 3.63) is 24.6 Å². The second-order valence-corrected chi connectivity index (χ2v) is 5.50. The van der Waals surface area contributed by atoms with Crippen molar-refractivity contribution in [1.82, 2.24) is 10.3 Å². The Morgan fingerprint density at radius 1 is 1.45 bits per heavy atom. The number of hydrogen-bond acceptors (Lipinski definition) is 4. The lowest BCUT2D eigenvalue weighted by Gasteiger charge is -2.19. The average molecular weight is 300 g/mol. The summed E-state index contributed by atoms with van der Waals surface area (Å²) in [6.07, 6.45) is 2.73. The molecule has 1 amide bonds. The maximum Gasteiger partial charge on any atom is 0.221 e. The molecule has 0 atom stereocenters. The van der Waals surface area contributed by atoms with E-state index in [0.29, 0.717) is 17.8 Å². The third-order valence-corrected chi connectivity index (χ3v) is 2.94. The number of rotatable bonds is 5. The van der Waals surface area contributed by atoms with Crippen LogP contribution in [0.5, 0.6) is 5.75 Å². The molecular formula is C17H20N2O3. The van der Waals surface area contributed by atoms with Gasteiger partial charge in [-0.1, -0.05) is 18.8 Å². The van der Waals surface area contributed by atoms with Crippen molar-refractivity contribution in [3.63, 3.8) is 0 Å². The summed E-state index contributed by atoms with van der Waals surface area (Å²) in [6, 6.07) is 5.43. The van der Waals surface area contributed by atoms with Gasteiger partial charge >= 0.3 is 0 Å². The first-order chi connectivity index (χ1) is 10.5. The lowest BCUT2D eigenvalue weighted by molar-refractivity contribution is -0.122. The monoisotopic (exact) mass is 300 g/mol. The molecule has 116 valence electrons. The maximum absolute atomic E-state index is 11.6. The van der Waals surface area contributed by atoms with Crippen LogP contribution in [-0.2, 0) is 4.79 Å². The summed E-state index contributed by atoms with van der Waals surface area (Å²) in [4.78, 5) is 15.6. The molecule has 0 aliphatic rings. The number of nitrogens with zero attached hydrogens (tertiary/aromatic N) is 1. The van der Waals surface area contributed by atoms with Gasteiger partial charge in [-0.2, -0.15) is 0 Å². The number of nitrogens with one attached hydrogen (secondary N) is 1. The third kappa shape index (κ3) is 4.52. The Labute approximate surface area is 130 Å². The van der Waals surface area contributed by atoms with Crippen LogP contribution in [0.4, 0.5) is 0 Å². The molecule has 1 aromatic carbocycles. The molecular weight excluding hydrogens is 280 g/mol. The number of carbonyl (C=O) groups excluding carboxylic acids is 1. The summed E-state index contributed by atoms with van der Waals surface area (Å²) in [6.45, 7) is 5.95. The lowest BCUT2D eigenvalue weighted by Crippen LogP contribution is -2.42. The van der Waals surface area contributed by atoms with Crippen LogP contribution in [0.2, 0.25) is 0 Å². The molecule has 1 heterocycles. The number of benzene rings is 1. The number of carbonyl (C=O) groups is 1. The molecule has 2 rings (SSSR count). The van der Waals surface area contributed by atoms with E-state index in [1.807, 2.05) is 32.9 Å². The van der Waals surface area contributed by atoms with Crippen molar-refractivity contribution in [1.29, 1.82) is 0 Å². The van der Waals surface area contributed by atoms with Crippen LogP contribution in [0.25, 0.3) is 11.1 Å².